The second-order valence-corrected chi connectivity index (χ2v) is 4.33. The first kappa shape index (κ1) is 14.2. The van der Waals surface area contributed by atoms with Gasteiger partial charge in [0, 0.05) is 6.54 Å². The van der Waals surface area contributed by atoms with Crippen LogP contribution in [-0.4, -0.2) is 24.2 Å². The van der Waals surface area contributed by atoms with Crippen LogP contribution in [0.15, 0.2) is 18.2 Å². The highest BCUT2D eigenvalue weighted by atomic mass is 16.7. The number of aryl methyl sites for hydroxylation is 1. The molecular weight excluding hydrogens is 262 g/mol. The van der Waals surface area contributed by atoms with Gasteiger partial charge in [0.2, 0.25) is 0 Å². The number of ketones is 1. The molecule has 0 saturated carbocycles. The Morgan fingerprint density at radius 1 is 1.40 bits per heavy atom. The topological polar surface area (TPSA) is 102 Å². The van der Waals surface area contributed by atoms with Crippen LogP contribution >= 0.6 is 0 Å². The Labute approximate surface area is 115 Å². The minimum absolute atomic E-state index is 0.0574. The normalized spacial score (nSPS) is 13.6. The van der Waals surface area contributed by atoms with E-state index in [0.29, 0.717) is 11.3 Å². The highest BCUT2D eigenvalue weighted by Crippen LogP contribution is 2.30. The standard InChI is InChI=1S/C13H15N3O4/c1-2-8-3-4-10-9(7-8)12(18)13(19)16(10)6-5-11(17)20-15-14/h3-4,7,15H,2,5-6,14H2,1H3. The molecule has 2 rings (SSSR count). The smallest absolute Gasteiger partial charge is 0.328 e. The zero-order chi connectivity index (χ0) is 14.7. The van der Waals surface area contributed by atoms with Gasteiger partial charge in [-0.3, -0.25) is 14.4 Å². The van der Waals surface area contributed by atoms with Crippen LogP contribution < -0.4 is 16.3 Å². The molecule has 0 unspecified atom stereocenters. The number of benzene rings is 1. The molecule has 1 amide bonds. The first-order valence-corrected chi connectivity index (χ1v) is 6.22. The molecule has 3 N–H and O–H groups in total. The number of Topliss-reactive ketones (excluding diaryl/α,β-unsaturated/α-hetero) is 1. The molecule has 7 nitrogen and oxygen atoms in total. The van der Waals surface area contributed by atoms with Gasteiger partial charge in [0.1, 0.15) is 0 Å². The molecule has 1 aromatic carbocycles. The average molecular weight is 277 g/mol. The highest BCUT2D eigenvalue weighted by Gasteiger charge is 2.35. The number of nitrogens with one attached hydrogen (secondary N) is 1. The van der Waals surface area contributed by atoms with E-state index in [2.05, 4.69) is 4.84 Å². The van der Waals surface area contributed by atoms with Crippen LogP contribution in [0.2, 0.25) is 0 Å². The summed E-state index contributed by atoms with van der Waals surface area (Å²) in [6.07, 6.45) is 0.724. The van der Waals surface area contributed by atoms with E-state index in [9.17, 15) is 14.4 Å². The van der Waals surface area contributed by atoms with Gasteiger partial charge in [-0.2, -0.15) is 0 Å². The fraction of sp³-hybridized carbons (Fsp3) is 0.308. The fourth-order valence-electron chi connectivity index (χ4n) is 2.11. The number of nitrogens with two attached hydrogens (primary N) is 1. The van der Waals surface area contributed by atoms with Crippen molar-refractivity contribution in [3.05, 3.63) is 29.3 Å². The van der Waals surface area contributed by atoms with Crippen molar-refractivity contribution >= 4 is 23.3 Å². The van der Waals surface area contributed by atoms with Crippen LogP contribution in [-0.2, 0) is 20.8 Å². The molecule has 7 heteroatoms. The second kappa shape index (κ2) is 5.81. The average Bonchev–Trinajstić information content (AvgIpc) is 2.69. The number of fused-ring (bicyclic) bond motifs is 1. The molecule has 106 valence electrons. The predicted octanol–water partition coefficient (Wildman–Crippen LogP) is 0.0899. The number of hydrazine groups is 1. The van der Waals surface area contributed by atoms with Crippen molar-refractivity contribution in [1.29, 1.82) is 0 Å². The number of rotatable bonds is 5. The maximum atomic E-state index is 11.9. The molecule has 1 heterocycles. The van der Waals surface area contributed by atoms with Crippen LogP contribution in [0.5, 0.6) is 0 Å². The molecule has 0 atom stereocenters. The number of hydrogen-bond acceptors (Lipinski definition) is 6. The summed E-state index contributed by atoms with van der Waals surface area (Å²) in [6.45, 7) is 2.04. The number of amides is 1. The van der Waals surface area contributed by atoms with Gasteiger partial charge in [0.05, 0.1) is 17.7 Å². The molecule has 0 bridgehead atoms. The minimum Gasteiger partial charge on any atom is -0.356 e. The molecule has 0 radical (unpaired) electrons. The Kier molecular flexibility index (Phi) is 4.11. The van der Waals surface area contributed by atoms with Crippen molar-refractivity contribution < 1.29 is 19.2 Å². The van der Waals surface area contributed by atoms with E-state index in [0.717, 1.165) is 12.0 Å². The first-order valence-electron chi connectivity index (χ1n) is 6.22. The zero-order valence-electron chi connectivity index (χ0n) is 11.0. The van der Waals surface area contributed by atoms with Crippen molar-refractivity contribution in [2.45, 2.75) is 19.8 Å². The SMILES string of the molecule is CCc1ccc2c(c1)C(=O)C(=O)N2CCC(=O)ONN. The zero-order valence-corrected chi connectivity index (χ0v) is 11.0. The van der Waals surface area contributed by atoms with E-state index in [1.54, 1.807) is 17.7 Å². The number of carbonyl (C=O) groups excluding carboxylic acids is 3. The summed E-state index contributed by atoms with van der Waals surface area (Å²) in [5, 5.41) is 0. The van der Waals surface area contributed by atoms with Gasteiger partial charge in [-0.25, -0.2) is 5.84 Å². The molecule has 1 aromatic rings. The van der Waals surface area contributed by atoms with Gasteiger partial charge in [-0.1, -0.05) is 18.6 Å². The molecule has 1 aliphatic heterocycles. The van der Waals surface area contributed by atoms with Gasteiger partial charge >= 0.3 is 5.97 Å². The lowest BCUT2D eigenvalue weighted by atomic mass is 10.1. The monoisotopic (exact) mass is 277 g/mol. The lowest BCUT2D eigenvalue weighted by Gasteiger charge is -2.15. The van der Waals surface area contributed by atoms with Gasteiger partial charge in [0.25, 0.3) is 11.7 Å². The van der Waals surface area contributed by atoms with Crippen LogP contribution in [0.25, 0.3) is 0 Å². The van der Waals surface area contributed by atoms with Gasteiger partial charge in [-0.05, 0) is 24.1 Å². The van der Waals surface area contributed by atoms with Crippen LogP contribution in [0.1, 0.15) is 29.3 Å². The maximum Gasteiger partial charge on any atom is 0.328 e. The van der Waals surface area contributed by atoms with Gasteiger partial charge < -0.3 is 9.74 Å². The molecule has 0 aromatic heterocycles. The molecule has 0 fully saturated rings. The van der Waals surface area contributed by atoms with Crippen LogP contribution in [0.4, 0.5) is 5.69 Å². The molecular formula is C13H15N3O4. The second-order valence-electron chi connectivity index (χ2n) is 4.33. The molecule has 20 heavy (non-hydrogen) atoms. The van der Waals surface area contributed by atoms with E-state index in [1.807, 2.05) is 13.0 Å². The number of nitrogens with zero attached hydrogens (tertiary/aromatic N) is 1. The highest BCUT2D eigenvalue weighted by molar-refractivity contribution is 6.52. The molecule has 1 aliphatic rings. The summed E-state index contributed by atoms with van der Waals surface area (Å²) in [5.41, 5.74) is 3.68. The molecule has 0 saturated heterocycles. The Morgan fingerprint density at radius 2 is 2.15 bits per heavy atom. The van der Waals surface area contributed by atoms with Crippen molar-refractivity contribution in [1.82, 2.24) is 5.59 Å². The van der Waals surface area contributed by atoms with Crippen LogP contribution in [0, 0.1) is 0 Å². The summed E-state index contributed by atoms with van der Waals surface area (Å²) in [6, 6.07) is 5.30. The Balaban J connectivity index is 2.18. The van der Waals surface area contributed by atoms with Crippen molar-refractivity contribution in [2.75, 3.05) is 11.4 Å². The molecule has 0 spiro atoms. The van der Waals surface area contributed by atoms with Gasteiger partial charge in [0.15, 0.2) is 0 Å². The summed E-state index contributed by atoms with van der Waals surface area (Å²) in [4.78, 5) is 40.7. The lowest BCUT2D eigenvalue weighted by molar-refractivity contribution is -0.150. The van der Waals surface area contributed by atoms with E-state index >= 15 is 0 Å². The minimum atomic E-state index is -0.623. The quantitative estimate of drug-likeness (QED) is 0.449. The van der Waals surface area contributed by atoms with E-state index in [4.69, 9.17) is 5.84 Å². The fourth-order valence-corrected chi connectivity index (χ4v) is 2.11. The van der Waals surface area contributed by atoms with E-state index in [1.165, 1.54) is 4.90 Å². The number of carbonyl (C=O) groups is 3. The maximum absolute atomic E-state index is 11.9. The summed E-state index contributed by atoms with van der Waals surface area (Å²) >= 11 is 0. The summed E-state index contributed by atoms with van der Waals surface area (Å²) in [5.74, 6) is 3.07. The third-order valence-electron chi connectivity index (χ3n) is 3.16. The lowest BCUT2D eigenvalue weighted by Crippen LogP contribution is -2.33. The summed E-state index contributed by atoms with van der Waals surface area (Å²) < 4.78 is 0. The largest absolute Gasteiger partial charge is 0.356 e. The number of anilines is 1. The predicted molar refractivity (Wildman–Crippen MR) is 70.5 cm³/mol. The van der Waals surface area contributed by atoms with E-state index < -0.39 is 17.7 Å². The third-order valence-corrected chi connectivity index (χ3v) is 3.16. The first-order chi connectivity index (χ1) is 9.58. The summed E-state index contributed by atoms with van der Waals surface area (Å²) in [7, 11) is 0. The Bertz CT molecular complexity index is 571. The van der Waals surface area contributed by atoms with Gasteiger partial charge in [-0.15, -0.1) is 0 Å². The van der Waals surface area contributed by atoms with Crippen molar-refractivity contribution in [3.63, 3.8) is 0 Å². The third kappa shape index (κ3) is 2.54. The molecule has 0 aliphatic carbocycles. The number of hydrogen-bond donors (Lipinski definition) is 2. The van der Waals surface area contributed by atoms with Crippen molar-refractivity contribution in [3.8, 4) is 0 Å². The Morgan fingerprint density at radius 3 is 2.80 bits per heavy atom. The van der Waals surface area contributed by atoms with E-state index in [-0.39, 0.29) is 13.0 Å². The Hall–Kier alpha value is -2.25. The van der Waals surface area contributed by atoms with Crippen molar-refractivity contribution in [2.24, 2.45) is 5.84 Å². The van der Waals surface area contributed by atoms with Crippen LogP contribution in [0.3, 0.4) is 0 Å².